The first kappa shape index (κ1) is 26.8. The number of hydrogen-bond acceptors (Lipinski definition) is 5. The number of aromatic nitrogens is 4. The number of rotatable bonds is 3. The molecule has 0 saturated heterocycles. The Balaban J connectivity index is 1.09. The molecule has 1 aliphatic rings. The Morgan fingerprint density at radius 3 is 1.88 bits per heavy atom. The fourth-order valence-corrected chi connectivity index (χ4v) is 9.04. The Morgan fingerprint density at radius 2 is 1.16 bits per heavy atom. The molecule has 0 radical (unpaired) electrons. The zero-order valence-electron chi connectivity index (χ0n) is 26.5. The number of thiophene rings is 1. The van der Waals surface area contributed by atoms with E-state index in [0.29, 0.717) is 0 Å². The van der Waals surface area contributed by atoms with Crippen LogP contribution >= 0.6 is 11.3 Å². The number of nitrogens with one attached hydrogen (secondary N) is 1. The molecule has 5 aromatic heterocycles. The molecule has 49 heavy (non-hydrogen) atoms. The van der Waals surface area contributed by atoms with Crippen LogP contribution in [-0.4, -0.2) is 26.1 Å². The Bertz CT molecular complexity index is 2910. The Morgan fingerprint density at radius 1 is 0.551 bits per heavy atom. The van der Waals surface area contributed by atoms with Gasteiger partial charge in [-0.3, -0.25) is 9.13 Å². The third-order valence-corrected chi connectivity index (χ3v) is 11.4. The number of anilines is 2. The fourth-order valence-electron chi connectivity index (χ4n) is 7.98. The van der Waals surface area contributed by atoms with Gasteiger partial charge in [-0.15, -0.1) is 11.3 Å². The van der Waals surface area contributed by atoms with Gasteiger partial charge in [0, 0.05) is 72.5 Å². The molecular weight excluding hydrogens is 621 g/mol. The van der Waals surface area contributed by atoms with Crippen molar-refractivity contribution in [3.63, 3.8) is 0 Å². The van der Waals surface area contributed by atoms with Crippen LogP contribution in [0.2, 0.25) is 0 Å². The van der Waals surface area contributed by atoms with E-state index < -0.39 is 0 Å². The smallest absolute Gasteiger partial charge is 0.145 e. The summed E-state index contributed by atoms with van der Waals surface area (Å²) in [6.07, 6.45) is 3.84. The molecule has 7 heteroatoms. The van der Waals surface area contributed by atoms with Crippen LogP contribution < -0.4 is 10.2 Å². The van der Waals surface area contributed by atoms with Crippen molar-refractivity contribution in [1.29, 1.82) is 0 Å². The van der Waals surface area contributed by atoms with Crippen LogP contribution in [0.1, 0.15) is 11.7 Å². The van der Waals surface area contributed by atoms with Gasteiger partial charge >= 0.3 is 0 Å². The Labute approximate surface area is 285 Å². The van der Waals surface area contributed by atoms with E-state index in [9.17, 15) is 0 Å². The summed E-state index contributed by atoms with van der Waals surface area (Å²) in [5.74, 6) is 0. The Hall–Kier alpha value is -6.18. The fraction of sp³-hybridized carbons (Fsp3) is 0.0476. The van der Waals surface area contributed by atoms with Gasteiger partial charge in [0.25, 0.3) is 0 Å². The molecule has 10 aromatic rings. The van der Waals surface area contributed by atoms with Gasteiger partial charge < -0.3 is 10.2 Å². The third kappa shape index (κ3) is 3.76. The van der Waals surface area contributed by atoms with Crippen LogP contribution in [0.4, 0.5) is 11.4 Å². The molecular formula is C42H28N6S. The summed E-state index contributed by atoms with van der Waals surface area (Å²) in [5, 5.41) is 10.9. The van der Waals surface area contributed by atoms with Gasteiger partial charge in [-0.1, -0.05) is 36.4 Å². The first-order valence-corrected chi connectivity index (χ1v) is 17.3. The maximum absolute atomic E-state index is 4.93. The summed E-state index contributed by atoms with van der Waals surface area (Å²) in [6.45, 7) is 0. The lowest BCUT2D eigenvalue weighted by Crippen LogP contribution is -2.23. The number of pyridine rings is 2. The van der Waals surface area contributed by atoms with Gasteiger partial charge in [-0.2, -0.15) is 0 Å². The third-order valence-electron chi connectivity index (χ3n) is 10.2. The van der Waals surface area contributed by atoms with Gasteiger partial charge in [0.2, 0.25) is 0 Å². The second-order valence-corrected chi connectivity index (χ2v) is 13.9. The first-order valence-electron chi connectivity index (χ1n) is 16.5. The highest BCUT2D eigenvalue weighted by Crippen LogP contribution is 2.43. The van der Waals surface area contributed by atoms with Crippen molar-refractivity contribution >= 4 is 86.8 Å². The minimum Gasteiger partial charge on any atom is -0.360 e. The maximum atomic E-state index is 4.93. The average Bonchev–Trinajstić information content (AvgIpc) is 3.89. The second-order valence-electron chi connectivity index (χ2n) is 12.9. The maximum Gasteiger partial charge on any atom is 0.145 e. The van der Waals surface area contributed by atoms with Crippen molar-refractivity contribution in [3.05, 3.63) is 145 Å². The zero-order chi connectivity index (χ0) is 32.2. The van der Waals surface area contributed by atoms with Crippen LogP contribution in [0.25, 0.3) is 75.4 Å². The normalized spacial score (nSPS) is 14.6. The van der Waals surface area contributed by atoms with E-state index in [-0.39, 0.29) is 6.17 Å². The second kappa shape index (κ2) is 9.92. The van der Waals surface area contributed by atoms with Crippen molar-refractivity contribution in [2.24, 2.45) is 0 Å². The molecule has 1 unspecified atom stereocenters. The summed E-state index contributed by atoms with van der Waals surface area (Å²) in [5.41, 5.74) is 10.1. The van der Waals surface area contributed by atoms with Gasteiger partial charge in [0.15, 0.2) is 0 Å². The lowest BCUT2D eigenvalue weighted by atomic mass is 10.1. The molecule has 5 aromatic carbocycles. The van der Waals surface area contributed by atoms with Crippen molar-refractivity contribution < 1.29 is 0 Å². The van der Waals surface area contributed by atoms with Gasteiger partial charge in [-0.05, 0) is 96.6 Å². The summed E-state index contributed by atoms with van der Waals surface area (Å²) < 4.78 is 7.14. The van der Waals surface area contributed by atoms with E-state index in [4.69, 9.17) is 9.97 Å². The van der Waals surface area contributed by atoms with E-state index in [0.717, 1.165) is 50.2 Å². The van der Waals surface area contributed by atoms with Gasteiger partial charge in [-0.25, -0.2) is 9.97 Å². The zero-order valence-corrected chi connectivity index (χ0v) is 27.3. The van der Waals surface area contributed by atoms with Crippen molar-refractivity contribution in [2.75, 3.05) is 17.3 Å². The average molecular weight is 649 g/mol. The van der Waals surface area contributed by atoms with Crippen LogP contribution in [0.15, 0.2) is 140 Å². The van der Waals surface area contributed by atoms with E-state index in [1.54, 1.807) is 0 Å². The predicted octanol–water partition coefficient (Wildman–Crippen LogP) is 10.6. The molecule has 11 rings (SSSR count). The van der Waals surface area contributed by atoms with Gasteiger partial charge in [0.05, 0.1) is 22.4 Å². The number of benzene rings is 5. The molecule has 1 aliphatic heterocycles. The molecule has 0 fully saturated rings. The molecule has 1 N–H and O–H groups in total. The lowest BCUT2D eigenvalue weighted by molar-refractivity contribution is 0.793. The highest BCUT2D eigenvalue weighted by atomic mass is 32.1. The van der Waals surface area contributed by atoms with Crippen molar-refractivity contribution in [3.8, 4) is 11.4 Å². The van der Waals surface area contributed by atoms with E-state index in [2.05, 4.69) is 142 Å². The summed E-state index contributed by atoms with van der Waals surface area (Å²) in [4.78, 5) is 12.1. The summed E-state index contributed by atoms with van der Waals surface area (Å²) >= 11 is 1.84. The van der Waals surface area contributed by atoms with Crippen molar-refractivity contribution in [1.82, 2.24) is 19.1 Å². The van der Waals surface area contributed by atoms with Crippen LogP contribution in [0.5, 0.6) is 0 Å². The number of nitrogens with zero attached hydrogens (tertiary/aromatic N) is 5. The molecule has 1 atom stereocenters. The SMILES string of the molecule is CN1c2ccccc2NC1c1ccc2c(c1)c1cccnc1n2-c1ccc2sc3ccc(-n4c5ccccc5c5cccnc54)cc3c2c1. The predicted molar refractivity (Wildman–Crippen MR) is 205 cm³/mol. The quantitative estimate of drug-likeness (QED) is 0.207. The molecule has 0 amide bonds. The highest BCUT2D eigenvalue weighted by Gasteiger charge is 2.27. The molecule has 0 bridgehead atoms. The van der Waals surface area contributed by atoms with E-state index >= 15 is 0 Å². The van der Waals surface area contributed by atoms with E-state index in [1.807, 2.05) is 35.9 Å². The largest absolute Gasteiger partial charge is 0.360 e. The summed E-state index contributed by atoms with van der Waals surface area (Å²) in [7, 11) is 2.15. The summed E-state index contributed by atoms with van der Waals surface area (Å²) in [6, 6.07) is 46.0. The van der Waals surface area contributed by atoms with Crippen LogP contribution in [-0.2, 0) is 0 Å². The van der Waals surface area contributed by atoms with Crippen LogP contribution in [0, 0.1) is 0 Å². The molecule has 232 valence electrons. The monoisotopic (exact) mass is 648 g/mol. The van der Waals surface area contributed by atoms with Crippen LogP contribution in [0.3, 0.4) is 0 Å². The minimum atomic E-state index is 0.0596. The van der Waals surface area contributed by atoms with Gasteiger partial charge in [0.1, 0.15) is 17.5 Å². The standard InChI is InChI=1S/C42H28N6S/c1-46-37-13-5-3-11-34(37)45-40(46)25-14-17-36-31(22-25)30-10-7-21-44-42(30)48(36)27-16-19-39-33(24-27)32-23-26(15-18-38(32)49-39)47-35-12-4-2-8-28(35)29-9-6-20-43-41(29)47/h2-24,40,45H,1H3. The van der Waals surface area contributed by atoms with Crippen molar-refractivity contribution in [2.45, 2.75) is 6.17 Å². The first-order chi connectivity index (χ1) is 24.2. The topological polar surface area (TPSA) is 50.9 Å². The Kier molecular flexibility index (Phi) is 5.43. The number of para-hydroxylation sites is 3. The molecule has 0 spiro atoms. The number of hydrogen-bond donors (Lipinski definition) is 1. The molecule has 0 aliphatic carbocycles. The molecule has 6 nitrogen and oxygen atoms in total. The lowest BCUT2D eigenvalue weighted by Gasteiger charge is -2.22. The molecule has 0 saturated carbocycles. The van der Waals surface area contributed by atoms with E-state index in [1.165, 1.54) is 42.2 Å². The highest BCUT2D eigenvalue weighted by molar-refractivity contribution is 7.25. The number of fused-ring (bicyclic) bond motifs is 10. The molecule has 6 heterocycles. The minimum absolute atomic E-state index is 0.0596.